The molecule has 0 atom stereocenters. The van der Waals surface area contributed by atoms with Gasteiger partial charge in [-0.2, -0.15) is 4.31 Å². The van der Waals surface area contributed by atoms with E-state index in [0.717, 1.165) is 5.56 Å². The van der Waals surface area contributed by atoms with E-state index in [1.807, 2.05) is 23.6 Å². The van der Waals surface area contributed by atoms with E-state index in [-0.39, 0.29) is 10.8 Å². The van der Waals surface area contributed by atoms with Gasteiger partial charge in [-0.05, 0) is 42.5 Å². The lowest BCUT2D eigenvalue weighted by Crippen LogP contribution is -2.40. The monoisotopic (exact) mass is 487 g/mol. The van der Waals surface area contributed by atoms with E-state index in [1.54, 1.807) is 0 Å². The molecule has 1 aromatic heterocycles. The standard InChI is InChI=1S/C22H21N3O6S2/c26-21(15-1-4-17(5-2-15)33(27,28)25-7-9-29-10-8-25)24-22-23-18(14-32-22)16-3-6-19-20(13-16)31-12-11-30-19/h1-6,13-14H,7-12H2,(H,23,24,26). The van der Waals surface area contributed by atoms with Gasteiger partial charge >= 0.3 is 0 Å². The first-order valence-corrected chi connectivity index (χ1v) is 12.7. The summed E-state index contributed by atoms with van der Waals surface area (Å²) in [6, 6.07) is 11.5. The van der Waals surface area contributed by atoms with Gasteiger partial charge in [0.05, 0.1) is 23.8 Å². The maximum atomic E-state index is 12.7. The highest BCUT2D eigenvalue weighted by Crippen LogP contribution is 2.35. The minimum Gasteiger partial charge on any atom is -0.486 e. The van der Waals surface area contributed by atoms with Gasteiger partial charge < -0.3 is 14.2 Å². The second-order valence-electron chi connectivity index (χ2n) is 7.39. The maximum absolute atomic E-state index is 12.7. The molecular weight excluding hydrogens is 466 g/mol. The highest BCUT2D eigenvalue weighted by Gasteiger charge is 2.26. The quantitative estimate of drug-likeness (QED) is 0.590. The first-order valence-electron chi connectivity index (χ1n) is 10.4. The van der Waals surface area contributed by atoms with Gasteiger partial charge in [-0.15, -0.1) is 11.3 Å². The normalized spacial score (nSPS) is 16.4. The molecule has 3 aromatic rings. The van der Waals surface area contributed by atoms with Crippen molar-refractivity contribution in [3.05, 3.63) is 53.4 Å². The number of hydrogen-bond acceptors (Lipinski definition) is 8. The Hall–Kier alpha value is -2.99. The highest BCUT2D eigenvalue weighted by molar-refractivity contribution is 7.89. The predicted molar refractivity (Wildman–Crippen MR) is 123 cm³/mol. The van der Waals surface area contributed by atoms with E-state index in [2.05, 4.69) is 10.3 Å². The van der Waals surface area contributed by atoms with Crippen LogP contribution < -0.4 is 14.8 Å². The van der Waals surface area contributed by atoms with Gasteiger partial charge in [0, 0.05) is 29.6 Å². The van der Waals surface area contributed by atoms with Gasteiger partial charge in [0.25, 0.3) is 5.91 Å². The first-order chi connectivity index (χ1) is 16.0. The second-order valence-corrected chi connectivity index (χ2v) is 10.2. The molecule has 9 nitrogen and oxygen atoms in total. The van der Waals surface area contributed by atoms with E-state index >= 15 is 0 Å². The Morgan fingerprint density at radius 3 is 2.45 bits per heavy atom. The van der Waals surface area contributed by atoms with Gasteiger partial charge in [0.1, 0.15) is 13.2 Å². The number of benzene rings is 2. The Balaban J connectivity index is 1.27. The zero-order chi connectivity index (χ0) is 22.8. The summed E-state index contributed by atoms with van der Waals surface area (Å²) >= 11 is 1.30. The molecule has 0 radical (unpaired) electrons. The number of morpholine rings is 1. The van der Waals surface area contributed by atoms with Crippen molar-refractivity contribution in [1.82, 2.24) is 9.29 Å². The second kappa shape index (κ2) is 9.10. The van der Waals surface area contributed by atoms with Crippen LogP contribution in [0.1, 0.15) is 10.4 Å². The summed E-state index contributed by atoms with van der Waals surface area (Å²) in [6.45, 7) is 2.42. The molecule has 5 rings (SSSR count). The van der Waals surface area contributed by atoms with Gasteiger partial charge in [-0.25, -0.2) is 13.4 Å². The molecule has 172 valence electrons. The van der Waals surface area contributed by atoms with Crippen molar-refractivity contribution >= 4 is 32.4 Å². The molecule has 11 heteroatoms. The summed E-state index contributed by atoms with van der Waals surface area (Å²) < 4.78 is 43.2. The molecule has 2 aliphatic heterocycles. The van der Waals surface area contributed by atoms with E-state index in [1.165, 1.54) is 39.9 Å². The van der Waals surface area contributed by atoms with Crippen molar-refractivity contribution in [3.63, 3.8) is 0 Å². The number of rotatable bonds is 5. The third-order valence-electron chi connectivity index (χ3n) is 5.29. The fourth-order valence-corrected chi connectivity index (χ4v) is 5.67. The van der Waals surface area contributed by atoms with Crippen LogP contribution in [0, 0.1) is 0 Å². The van der Waals surface area contributed by atoms with Crippen LogP contribution in [0.3, 0.4) is 0 Å². The molecule has 1 saturated heterocycles. The number of amides is 1. The molecule has 2 aliphatic rings. The molecule has 0 spiro atoms. The third-order valence-corrected chi connectivity index (χ3v) is 7.96. The number of carbonyl (C=O) groups excluding carboxylic acids is 1. The number of hydrogen-bond donors (Lipinski definition) is 1. The van der Waals surface area contributed by atoms with Crippen LogP contribution in [0.4, 0.5) is 5.13 Å². The van der Waals surface area contributed by atoms with E-state index in [4.69, 9.17) is 14.2 Å². The topological polar surface area (TPSA) is 107 Å². The predicted octanol–water partition coefficient (Wildman–Crippen LogP) is 2.85. The molecular formula is C22H21N3O6S2. The summed E-state index contributed by atoms with van der Waals surface area (Å²) in [5.74, 6) is 1.01. The van der Waals surface area contributed by atoms with Crippen LogP contribution in [0.15, 0.2) is 52.7 Å². The number of carbonyl (C=O) groups is 1. The number of nitrogens with zero attached hydrogens (tertiary/aromatic N) is 2. The largest absolute Gasteiger partial charge is 0.486 e. The van der Waals surface area contributed by atoms with Crippen LogP contribution in [0.25, 0.3) is 11.3 Å². The molecule has 0 unspecified atom stereocenters. The van der Waals surface area contributed by atoms with Crippen LogP contribution in [-0.2, 0) is 14.8 Å². The SMILES string of the molecule is O=C(Nc1nc(-c2ccc3c(c2)OCCO3)cs1)c1ccc(S(=O)(=O)N2CCOCC2)cc1. The van der Waals surface area contributed by atoms with Gasteiger partial charge in [-0.3, -0.25) is 10.1 Å². The van der Waals surface area contributed by atoms with Crippen molar-refractivity contribution in [3.8, 4) is 22.8 Å². The summed E-state index contributed by atoms with van der Waals surface area (Å²) in [5, 5.41) is 5.05. The molecule has 3 heterocycles. The number of anilines is 1. The number of aromatic nitrogens is 1. The number of thiazole rings is 1. The summed E-state index contributed by atoms with van der Waals surface area (Å²) in [5.41, 5.74) is 1.90. The van der Waals surface area contributed by atoms with Crippen molar-refractivity contribution in [2.75, 3.05) is 44.8 Å². The van der Waals surface area contributed by atoms with Crippen LogP contribution in [0.2, 0.25) is 0 Å². The van der Waals surface area contributed by atoms with E-state index < -0.39 is 10.0 Å². The van der Waals surface area contributed by atoms with Gasteiger partial charge in [0.15, 0.2) is 16.6 Å². The lowest BCUT2D eigenvalue weighted by Gasteiger charge is -2.26. The summed E-state index contributed by atoms with van der Waals surface area (Å²) in [4.78, 5) is 17.3. The molecule has 2 aromatic carbocycles. The lowest BCUT2D eigenvalue weighted by atomic mass is 10.1. The highest BCUT2D eigenvalue weighted by atomic mass is 32.2. The molecule has 0 bridgehead atoms. The number of nitrogens with one attached hydrogen (secondary N) is 1. The maximum Gasteiger partial charge on any atom is 0.257 e. The number of sulfonamides is 1. The lowest BCUT2D eigenvalue weighted by molar-refractivity contribution is 0.0730. The number of fused-ring (bicyclic) bond motifs is 1. The first kappa shape index (κ1) is 21.8. The Bertz CT molecular complexity index is 1270. The fourth-order valence-electron chi connectivity index (χ4n) is 3.55. The minimum absolute atomic E-state index is 0.149. The van der Waals surface area contributed by atoms with Crippen molar-refractivity contribution in [2.45, 2.75) is 4.90 Å². The van der Waals surface area contributed by atoms with Crippen molar-refractivity contribution < 1.29 is 27.4 Å². The fraction of sp³-hybridized carbons (Fsp3) is 0.273. The molecule has 33 heavy (non-hydrogen) atoms. The minimum atomic E-state index is -3.61. The summed E-state index contributed by atoms with van der Waals surface area (Å²) in [6.07, 6.45) is 0. The molecule has 0 aliphatic carbocycles. The van der Waals surface area contributed by atoms with Crippen LogP contribution in [0.5, 0.6) is 11.5 Å². The zero-order valence-corrected chi connectivity index (χ0v) is 19.2. The Morgan fingerprint density at radius 1 is 0.970 bits per heavy atom. The van der Waals surface area contributed by atoms with Crippen LogP contribution in [-0.4, -0.2) is 63.1 Å². The Labute approximate surface area is 195 Å². The third kappa shape index (κ3) is 4.58. The average molecular weight is 488 g/mol. The summed E-state index contributed by atoms with van der Waals surface area (Å²) in [7, 11) is -3.61. The van der Waals surface area contributed by atoms with Crippen LogP contribution >= 0.6 is 11.3 Å². The number of ether oxygens (including phenoxy) is 3. The molecule has 0 saturated carbocycles. The van der Waals surface area contributed by atoms with E-state index in [0.29, 0.717) is 67.4 Å². The molecule has 1 fully saturated rings. The van der Waals surface area contributed by atoms with E-state index in [9.17, 15) is 13.2 Å². The van der Waals surface area contributed by atoms with Crippen molar-refractivity contribution in [1.29, 1.82) is 0 Å². The molecule has 1 N–H and O–H groups in total. The smallest absolute Gasteiger partial charge is 0.257 e. The molecule has 1 amide bonds. The Morgan fingerprint density at radius 2 is 1.70 bits per heavy atom. The average Bonchev–Trinajstić information content (AvgIpc) is 3.33. The van der Waals surface area contributed by atoms with Crippen molar-refractivity contribution in [2.24, 2.45) is 0 Å². The van der Waals surface area contributed by atoms with Gasteiger partial charge in [0.2, 0.25) is 10.0 Å². The van der Waals surface area contributed by atoms with Gasteiger partial charge in [-0.1, -0.05) is 0 Å². The Kier molecular flexibility index (Phi) is 6.02. The zero-order valence-electron chi connectivity index (χ0n) is 17.5.